The summed E-state index contributed by atoms with van der Waals surface area (Å²) in [5, 5.41) is 2.82. The molecule has 1 rings (SSSR count). The van der Waals surface area contributed by atoms with Crippen molar-refractivity contribution in [2.24, 2.45) is 0 Å². The number of rotatable bonds is 3. The molecule has 0 radical (unpaired) electrons. The van der Waals surface area contributed by atoms with Gasteiger partial charge in [-0.05, 0) is 45.4 Å². The third-order valence-electron chi connectivity index (χ3n) is 2.85. The van der Waals surface area contributed by atoms with Crippen LogP contribution in [0.1, 0.15) is 36.7 Å². The fourth-order valence-electron chi connectivity index (χ4n) is 1.84. The van der Waals surface area contributed by atoms with E-state index in [2.05, 4.69) is 5.32 Å². The Morgan fingerprint density at radius 3 is 2.45 bits per heavy atom. The van der Waals surface area contributed by atoms with Gasteiger partial charge in [-0.15, -0.1) is 0 Å². The molecule has 0 heterocycles. The maximum atomic E-state index is 12.3. The summed E-state index contributed by atoms with van der Waals surface area (Å²) in [7, 11) is 1.60. The van der Waals surface area contributed by atoms with E-state index in [0.717, 1.165) is 5.56 Å². The van der Waals surface area contributed by atoms with E-state index in [-0.39, 0.29) is 23.9 Å². The third-order valence-corrected chi connectivity index (χ3v) is 2.85. The van der Waals surface area contributed by atoms with E-state index in [9.17, 15) is 9.59 Å². The number of nitrogen functional groups attached to an aromatic ring is 1. The standard InChI is InChI=1S/C15H23N3O2/c1-10-11(7-6-8-12(10)16)14(20)18(5)9-13(19)17-15(2,3)4/h6-8H,9,16H2,1-5H3,(H,17,19). The normalized spacial score (nSPS) is 11.1. The van der Waals surface area contributed by atoms with Crippen molar-refractivity contribution in [3.63, 3.8) is 0 Å². The molecule has 1 aromatic carbocycles. The molecule has 0 aliphatic rings. The summed E-state index contributed by atoms with van der Waals surface area (Å²) in [4.78, 5) is 25.5. The lowest BCUT2D eigenvalue weighted by atomic mass is 10.1. The van der Waals surface area contributed by atoms with Crippen LogP contribution in [0.4, 0.5) is 5.69 Å². The second-order valence-corrected chi connectivity index (χ2v) is 5.98. The number of nitrogens with zero attached hydrogens (tertiary/aromatic N) is 1. The molecule has 3 N–H and O–H groups in total. The maximum absolute atomic E-state index is 12.3. The Morgan fingerprint density at radius 2 is 1.90 bits per heavy atom. The van der Waals surface area contributed by atoms with Crippen LogP contribution in [0.3, 0.4) is 0 Å². The van der Waals surface area contributed by atoms with Gasteiger partial charge in [-0.2, -0.15) is 0 Å². The van der Waals surface area contributed by atoms with Gasteiger partial charge in [0.25, 0.3) is 5.91 Å². The summed E-state index contributed by atoms with van der Waals surface area (Å²) in [6.45, 7) is 7.51. The molecule has 0 unspecified atom stereocenters. The van der Waals surface area contributed by atoms with E-state index in [4.69, 9.17) is 5.73 Å². The largest absolute Gasteiger partial charge is 0.398 e. The fraction of sp³-hybridized carbons (Fsp3) is 0.467. The van der Waals surface area contributed by atoms with Gasteiger partial charge in [-0.1, -0.05) is 6.07 Å². The zero-order valence-electron chi connectivity index (χ0n) is 12.8. The molecule has 1 aromatic rings. The summed E-state index contributed by atoms with van der Waals surface area (Å²) in [5.74, 6) is -0.395. The van der Waals surface area contributed by atoms with Gasteiger partial charge < -0.3 is 16.0 Å². The Balaban J connectivity index is 2.77. The van der Waals surface area contributed by atoms with Gasteiger partial charge in [-0.25, -0.2) is 0 Å². The fourth-order valence-corrected chi connectivity index (χ4v) is 1.84. The molecule has 0 aromatic heterocycles. The quantitative estimate of drug-likeness (QED) is 0.823. The highest BCUT2D eigenvalue weighted by Gasteiger charge is 2.20. The Hall–Kier alpha value is -2.04. The lowest BCUT2D eigenvalue weighted by Gasteiger charge is -2.24. The van der Waals surface area contributed by atoms with Crippen LogP contribution in [-0.2, 0) is 4.79 Å². The number of carbonyl (C=O) groups excluding carboxylic acids is 2. The smallest absolute Gasteiger partial charge is 0.254 e. The molecule has 0 aliphatic carbocycles. The van der Waals surface area contributed by atoms with Crippen molar-refractivity contribution in [3.05, 3.63) is 29.3 Å². The van der Waals surface area contributed by atoms with Crippen LogP contribution in [-0.4, -0.2) is 35.8 Å². The van der Waals surface area contributed by atoms with Crippen LogP contribution < -0.4 is 11.1 Å². The Morgan fingerprint density at radius 1 is 1.30 bits per heavy atom. The number of anilines is 1. The number of nitrogens with two attached hydrogens (primary N) is 1. The molecule has 0 saturated carbocycles. The van der Waals surface area contributed by atoms with Gasteiger partial charge in [0.05, 0.1) is 6.54 Å². The first-order chi connectivity index (χ1) is 9.11. The topological polar surface area (TPSA) is 75.4 Å². The van der Waals surface area contributed by atoms with Gasteiger partial charge in [0, 0.05) is 23.8 Å². The van der Waals surface area contributed by atoms with Crippen LogP contribution in [0.5, 0.6) is 0 Å². The van der Waals surface area contributed by atoms with Crippen molar-refractivity contribution in [2.75, 3.05) is 19.3 Å². The molecular weight excluding hydrogens is 254 g/mol. The molecule has 0 atom stereocenters. The van der Waals surface area contributed by atoms with Crippen LogP contribution in [0.25, 0.3) is 0 Å². The summed E-state index contributed by atoms with van der Waals surface area (Å²) < 4.78 is 0. The lowest BCUT2D eigenvalue weighted by Crippen LogP contribution is -2.46. The Kier molecular flexibility index (Phi) is 4.76. The minimum absolute atomic E-state index is 0.0182. The number of likely N-dealkylation sites (N-methyl/N-ethyl adjacent to an activating group) is 1. The van der Waals surface area contributed by atoms with E-state index < -0.39 is 0 Å². The summed E-state index contributed by atoms with van der Waals surface area (Å²) in [6.07, 6.45) is 0. The van der Waals surface area contributed by atoms with E-state index in [0.29, 0.717) is 11.3 Å². The van der Waals surface area contributed by atoms with E-state index in [1.807, 2.05) is 20.8 Å². The van der Waals surface area contributed by atoms with Crippen LogP contribution in [0.2, 0.25) is 0 Å². The molecule has 0 fully saturated rings. The van der Waals surface area contributed by atoms with E-state index in [1.54, 1.807) is 32.2 Å². The van der Waals surface area contributed by atoms with Crippen molar-refractivity contribution in [1.82, 2.24) is 10.2 Å². The van der Waals surface area contributed by atoms with Gasteiger partial charge in [0.15, 0.2) is 0 Å². The monoisotopic (exact) mass is 277 g/mol. The Labute approximate surface area is 120 Å². The van der Waals surface area contributed by atoms with Crippen molar-refractivity contribution in [2.45, 2.75) is 33.2 Å². The number of carbonyl (C=O) groups is 2. The van der Waals surface area contributed by atoms with Crippen LogP contribution >= 0.6 is 0 Å². The summed E-state index contributed by atoms with van der Waals surface area (Å²) in [6, 6.07) is 5.20. The van der Waals surface area contributed by atoms with Crippen molar-refractivity contribution >= 4 is 17.5 Å². The molecule has 20 heavy (non-hydrogen) atoms. The van der Waals surface area contributed by atoms with Gasteiger partial charge in [0.1, 0.15) is 0 Å². The minimum Gasteiger partial charge on any atom is -0.398 e. The highest BCUT2D eigenvalue weighted by Crippen LogP contribution is 2.16. The highest BCUT2D eigenvalue weighted by molar-refractivity contribution is 5.98. The Bertz CT molecular complexity index is 518. The van der Waals surface area contributed by atoms with Crippen LogP contribution in [0.15, 0.2) is 18.2 Å². The third kappa shape index (κ3) is 4.26. The SMILES string of the molecule is Cc1c(N)cccc1C(=O)N(C)CC(=O)NC(C)(C)C. The first kappa shape index (κ1) is 16.0. The second-order valence-electron chi connectivity index (χ2n) is 5.98. The summed E-state index contributed by atoms with van der Waals surface area (Å²) >= 11 is 0. The molecule has 0 bridgehead atoms. The number of hydrogen-bond acceptors (Lipinski definition) is 3. The first-order valence-electron chi connectivity index (χ1n) is 6.53. The summed E-state index contributed by atoms with van der Waals surface area (Å²) in [5.41, 5.74) is 7.31. The molecule has 2 amide bonds. The molecule has 5 nitrogen and oxygen atoms in total. The average Bonchev–Trinajstić information content (AvgIpc) is 2.29. The molecule has 0 aliphatic heterocycles. The molecule has 5 heteroatoms. The van der Waals surface area contributed by atoms with Crippen LogP contribution in [0, 0.1) is 6.92 Å². The van der Waals surface area contributed by atoms with Gasteiger partial charge in [-0.3, -0.25) is 9.59 Å². The average molecular weight is 277 g/mol. The lowest BCUT2D eigenvalue weighted by molar-refractivity contribution is -0.122. The predicted octanol–water partition coefficient (Wildman–Crippen LogP) is 1.56. The molecule has 0 spiro atoms. The maximum Gasteiger partial charge on any atom is 0.254 e. The zero-order chi connectivity index (χ0) is 15.5. The number of benzene rings is 1. The molecule has 0 saturated heterocycles. The predicted molar refractivity (Wildman–Crippen MR) is 80.4 cm³/mol. The van der Waals surface area contributed by atoms with E-state index in [1.165, 1.54) is 4.90 Å². The highest BCUT2D eigenvalue weighted by atomic mass is 16.2. The molecule has 110 valence electrons. The number of nitrogens with one attached hydrogen (secondary N) is 1. The number of amides is 2. The van der Waals surface area contributed by atoms with Gasteiger partial charge >= 0.3 is 0 Å². The first-order valence-corrected chi connectivity index (χ1v) is 6.53. The molecular formula is C15H23N3O2. The van der Waals surface area contributed by atoms with Crippen molar-refractivity contribution < 1.29 is 9.59 Å². The van der Waals surface area contributed by atoms with Crippen molar-refractivity contribution in [3.8, 4) is 0 Å². The van der Waals surface area contributed by atoms with E-state index >= 15 is 0 Å². The van der Waals surface area contributed by atoms with Gasteiger partial charge in [0.2, 0.25) is 5.91 Å². The minimum atomic E-state index is -0.311. The van der Waals surface area contributed by atoms with Crippen molar-refractivity contribution in [1.29, 1.82) is 0 Å². The zero-order valence-corrected chi connectivity index (χ0v) is 12.8. The number of hydrogen-bond donors (Lipinski definition) is 2. The second kappa shape index (κ2) is 5.94.